The molecule has 3 N–H and O–H groups in total. The topological polar surface area (TPSA) is 99.4 Å². The number of anilines is 1. The van der Waals surface area contributed by atoms with Crippen LogP contribution in [-0.2, 0) is 0 Å². The number of nitrogens with one attached hydrogen (secondary N) is 3. The summed E-state index contributed by atoms with van der Waals surface area (Å²) in [5.41, 5.74) is 6.45. The Labute approximate surface area is 137 Å². The lowest BCUT2D eigenvalue weighted by Crippen LogP contribution is -2.15. The Balaban J connectivity index is 1.74. The van der Waals surface area contributed by atoms with Crippen LogP contribution in [0, 0.1) is 20.8 Å². The molecule has 0 aliphatic heterocycles. The second kappa shape index (κ2) is 5.16. The van der Waals surface area contributed by atoms with Gasteiger partial charge in [0, 0.05) is 16.6 Å². The van der Waals surface area contributed by atoms with E-state index in [0.717, 1.165) is 38.9 Å². The van der Waals surface area contributed by atoms with E-state index in [0.29, 0.717) is 11.1 Å². The third-order valence-corrected chi connectivity index (χ3v) is 4.30. The van der Waals surface area contributed by atoms with Crippen molar-refractivity contribution in [2.24, 2.45) is 0 Å². The molecule has 4 rings (SSSR count). The van der Waals surface area contributed by atoms with Crippen molar-refractivity contribution in [1.29, 1.82) is 0 Å². The van der Waals surface area contributed by atoms with Gasteiger partial charge in [-0.15, -0.1) is 5.10 Å². The first-order chi connectivity index (χ1) is 11.5. The van der Waals surface area contributed by atoms with Crippen molar-refractivity contribution in [1.82, 2.24) is 25.6 Å². The molecule has 2 aromatic carbocycles. The van der Waals surface area contributed by atoms with E-state index in [1.54, 1.807) is 0 Å². The first kappa shape index (κ1) is 14.4. The summed E-state index contributed by atoms with van der Waals surface area (Å²) >= 11 is 0. The van der Waals surface area contributed by atoms with Crippen molar-refractivity contribution in [3.05, 3.63) is 46.6 Å². The van der Waals surface area contributed by atoms with Crippen LogP contribution in [0.1, 0.15) is 27.2 Å². The van der Waals surface area contributed by atoms with Gasteiger partial charge in [-0.2, -0.15) is 5.10 Å². The summed E-state index contributed by atoms with van der Waals surface area (Å²) < 4.78 is 0. The molecule has 7 heteroatoms. The van der Waals surface area contributed by atoms with E-state index < -0.39 is 0 Å². The summed E-state index contributed by atoms with van der Waals surface area (Å²) in [6.07, 6.45) is 0. The monoisotopic (exact) mass is 320 g/mol. The number of H-pyrrole nitrogens is 2. The highest BCUT2D eigenvalue weighted by Crippen LogP contribution is 2.25. The third-order valence-electron chi connectivity index (χ3n) is 4.30. The van der Waals surface area contributed by atoms with E-state index in [2.05, 4.69) is 30.9 Å². The predicted octanol–water partition coefficient (Wildman–Crippen LogP) is 3.01. The van der Waals surface area contributed by atoms with Crippen molar-refractivity contribution in [2.75, 3.05) is 5.32 Å². The zero-order chi connectivity index (χ0) is 16.8. The minimum absolute atomic E-state index is 0.157. The Morgan fingerprint density at radius 1 is 1.08 bits per heavy atom. The smallest absolute Gasteiger partial charge is 0.256 e. The molecule has 2 aromatic heterocycles. The zero-order valence-electron chi connectivity index (χ0n) is 13.6. The second-order valence-corrected chi connectivity index (χ2v) is 5.92. The van der Waals surface area contributed by atoms with Gasteiger partial charge in [0.25, 0.3) is 5.91 Å². The molecule has 0 saturated heterocycles. The van der Waals surface area contributed by atoms with Crippen LogP contribution in [0.2, 0.25) is 0 Å². The minimum Gasteiger partial charge on any atom is -0.322 e. The van der Waals surface area contributed by atoms with Crippen molar-refractivity contribution in [3.63, 3.8) is 0 Å². The number of hydrogen-bond acceptors (Lipinski definition) is 4. The second-order valence-electron chi connectivity index (χ2n) is 5.92. The van der Waals surface area contributed by atoms with Crippen molar-refractivity contribution >= 4 is 33.5 Å². The molecule has 0 atom stereocenters. The lowest BCUT2D eigenvalue weighted by molar-refractivity contribution is 0.102. The van der Waals surface area contributed by atoms with Gasteiger partial charge in [0.15, 0.2) is 0 Å². The molecule has 24 heavy (non-hydrogen) atoms. The van der Waals surface area contributed by atoms with Gasteiger partial charge < -0.3 is 5.32 Å². The number of carbonyl (C=O) groups excluding carboxylic acids is 1. The SMILES string of the molecule is Cc1cc2[nH]nnc2c(C)c1C(=O)Nc1ccc2[nH]nc(C)c2c1. The minimum atomic E-state index is -0.157. The summed E-state index contributed by atoms with van der Waals surface area (Å²) in [6.45, 7) is 5.72. The fraction of sp³-hybridized carbons (Fsp3) is 0.176. The molecule has 2 heterocycles. The van der Waals surface area contributed by atoms with E-state index in [4.69, 9.17) is 0 Å². The molecule has 0 aliphatic carbocycles. The fourth-order valence-corrected chi connectivity index (χ4v) is 3.08. The summed E-state index contributed by atoms with van der Waals surface area (Å²) in [7, 11) is 0. The van der Waals surface area contributed by atoms with Gasteiger partial charge in [-0.25, -0.2) is 0 Å². The van der Waals surface area contributed by atoms with E-state index in [1.165, 1.54) is 0 Å². The van der Waals surface area contributed by atoms with Crippen LogP contribution in [-0.4, -0.2) is 31.5 Å². The molecule has 0 bridgehead atoms. The van der Waals surface area contributed by atoms with Gasteiger partial charge in [0.1, 0.15) is 5.52 Å². The van der Waals surface area contributed by atoms with Crippen molar-refractivity contribution < 1.29 is 4.79 Å². The number of nitrogens with zero attached hydrogens (tertiary/aromatic N) is 3. The van der Waals surface area contributed by atoms with E-state index in [9.17, 15) is 4.79 Å². The number of benzene rings is 2. The lowest BCUT2D eigenvalue weighted by Gasteiger charge is -2.11. The van der Waals surface area contributed by atoms with Crippen LogP contribution in [0.15, 0.2) is 24.3 Å². The number of amides is 1. The Morgan fingerprint density at radius 3 is 2.75 bits per heavy atom. The number of hydrogen-bond donors (Lipinski definition) is 3. The summed E-state index contributed by atoms with van der Waals surface area (Å²) in [6, 6.07) is 7.58. The van der Waals surface area contributed by atoms with Crippen molar-refractivity contribution in [2.45, 2.75) is 20.8 Å². The Kier molecular flexibility index (Phi) is 3.09. The van der Waals surface area contributed by atoms with Gasteiger partial charge >= 0.3 is 0 Å². The maximum atomic E-state index is 12.8. The molecule has 0 saturated carbocycles. The zero-order valence-corrected chi connectivity index (χ0v) is 13.6. The summed E-state index contributed by atoms with van der Waals surface area (Å²) in [5.74, 6) is -0.157. The Hall–Kier alpha value is -3.22. The van der Waals surface area contributed by atoms with Crippen LogP contribution in [0.3, 0.4) is 0 Å². The molecular weight excluding hydrogens is 304 g/mol. The molecule has 0 spiro atoms. The number of rotatable bonds is 2. The third kappa shape index (κ3) is 2.13. The van der Waals surface area contributed by atoms with Gasteiger partial charge in [-0.05, 0) is 56.2 Å². The summed E-state index contributed by atoms with van der Waals surface area (Å²) in [5, 5.41) is 21.8. The molecule has 120 valence electrons. The first-order valence-electron chi connectivity index (χ1n) is 7.61. The summed E-state index contributed by atoms with van der Waals surface area (Å²) in [4.78, 5) is 12.8. The molecule has 0 unspecified atom stereocenters. The van der Waals surface area contributed by atoms with Crippen LogP contribution in [0.25, 0.3) is 21.9 Å². The van der Waals surface area contributed by atoms with Crippen LogP contribution >= 0.6 is 0 Å². The maximum absolute atomic E-state index is 12.8. The quantitative estimate of drug-likeness (QED) is 0.528. The normalized spacial score (nSPS) is 11.3. The largest absolute Gasteiger partial charge is 0.322 e. The van der Waals surface area contributed by atoms with Crippen LogP contribution in [0.5, 0.6) is 0 Å². The van der Waals surface area contributed by atoms with E-state index >= 15 is 0 Å². The highest BCUT2D eigenvalue weighted by Gasteiger charge is 2.17. The fourth-order valence-electron chi connectivity index (χ4n) is 3.08. The maximum Gasteiger partial charge on any atom is 0.256 e. The average Bonchev–Trinajstić information content (AvgIpc) is 3.15. The molecule has 0 fully saturated rings. The van der Waals surface area contributed by atoms with Gasteiger partial charge in [0.2, 0.25) is 0 Å². The van der Waals surface area contributed by atoms with Crippen LogP contribution < -0.4 is 5.32 Å². The molecular formula is C17H16N6O. The average molecular weight is 320 g/mol. The molecule has 7 nitrogen and oxygen atoms in total. The number of carbonyl (C=O) groups is 1. The number of aromatic amines is 2. The first-order valence-corrected chi connectivity index (χ1v) is 7.61. The van der Waals surface area contributed by atoms with Crippen LogP contribution in [0.4, 0.5) is 5.69 Å². The Bertz CT molecular complexity index is 1090. The molecule has 0 radical (unpaired) electrons. The van der Waals surface area contributed by atoms with Gasteiger partial charge in [0.05, 0.1) is 16.7 Å². The van der Waals surface area contributed by atoms with E-state index in [-0.39, 0.29) is 5.91 Å². The predicted molar refractivity (Wildman–Crippen MR) is 92.1 cm³/mol. The highest BCUT2D eigenvalue weighted by atomic mass is 16.1. The van der Waals surface area contributed by atoms with Gasteiger partial charge in [-0.1, -0.05) is 5.21 Å². The number of aryl methyl sites for hydroxylation is 3. The van der Waals surface area contributed by atoms with E-state index in [1.807, 2.05) is 45.0 Å². The molecule has 1 amide bonds. The molecule has 0 aliphatic rings. The number of aromatic nitrogens is 5. The van der Waals surface area contributed by atoms with Crippen molar-refractivity contribution in [3.8, 4) is 0 Å². The Morgan fingerprint density at radius 2 is 1.92 bits per heavy atom. The standard InChI is InChI=1S/C17H16N6O/c1-8-6-14-16(22-23-21-14)9(2)15(8)17(24)18-11-4-5-13-12(7-11)10(3)19-20-13/h4-7H,1-3H3,(H,18,24)(H,19,20)(H,21,22,23). The van der Waals surface area contributed by atoms with Gasteiger partial charge in [-0.3, -0.25) is 15.0 Å². The highest BCUT2D eigenvalue weighted by molar-refractivity contribution is 6.09. The number of fused-ring (bicyclic) bond motifs is 2. The molecule has 4 aromatic rings. The lowest BCUT2D eigenvalue weighted by atomic mass is 10.00.